The fraction of sp³-hybridized carbons (Fsp3) is 0.273. The zero-order valence-electron chi connectivity index (χ0n) is 15.9. The van der Waals surface area contributed by atoms with Crippen LogP contribution < -0.4 is 16.0 Å². The number of hydrogen-bond donors (Lipinski definition) is 2. The Balaban J connectivity index is 1.46. The third kappa shape index (κ3) is 3.03. The van der Waals surface area contributed by atoms with Crippen molar-refractivity contribution in [2.24, 2.45) is 0 Å². The summed E-state index contributed by atoms with van der Waals surface area (Å²) in [6, 6.07) is 14.7. The SMILES string of the molecule is Nc1c2c(nn1C(=O)C1CCNc3ccc(F)cc31)CN(c1ccccc1)CC2. The average Bonchev–Trinajstić information content (AvgIpc) is 3.09. The van der Waals surface area contributed by atoms with Gasteiger partial charge in [0.2, 0.25) is 0 Å². The highest BCUT2D eigenvalue weighted by atomic mass is 19.1. The number of nitrogens with two attached hydrogens (primary N) is 1. The molecule has 0 bridgehead atoms. The fourth-order valence-electron chi connectivity index (χ4n) is 4.34. The van der Waals surface area contributed by atoms with Gasteiger partial charge in [0.05, 0.1) is 18.2 Å². The van der Waals surface area contributed by atoms with Crippen molar-refractivity contribution in [3.63, 3.8) is 0 Å². The topological polar surface area (TPSA) is 76.2 Å². The summed E-state index contributed by atoms with van der Waals surface area (Å²) in [7, 11) is 0. The number of nitrogens with one attached hydrogen (secondary N) is 1. The van der Waals surface area contributed by atoms with Gasteiger partial charge in [-0.2, -0.15) is 9.78 Å². The van der Waals surface area contributed by atoms with Crippen molar-refractivity contribution < 1.29 is 9.18 Å². The van der Waals surface area contributed by atoms with Crippen molar-refractivity contribution in [3.8, 4) is 0 Å². The third-order valence-corrected chi connectivity index (χ3v) is 5.84. The van der Waals surface area contributed by atoms with Gasteiger partial charge in [-0.3, -0.25) is 4.79 Å². The van der Waals surface area contributed by atoms with Crippen LogP contribution in [0.3, 0.4) is 0 Å². The maximum atomic E-state index is 13.8. The van der Waals surface area contributed by atoms with E-state index in [9.17, 15) is 9.18 Å². The standard InChI is InChI=1S/C22H22FN5O/c23-14-6-7-19-18(12-14)16(8-10-25-19)22(29)28-21(24)17-9-11-27(13-20(17)26-28)15-4-2-1-3-5-15/h1-7,12,16,25H,8-11,13,24H2. The van der Waals surface area contributed by atoms with E-state index in [2.05, 4.69) is 27.4 Å². The lowest BCUT2D eigenvalue weighted by atomic mass is 9.90. The molecule has 148 valence electrons. The Morgan fingerprint density at radius 2 is 2.03 bits per heavy atom. The Morgan fingerprint density at radius 3 is 2.86 bits per heavy atom. The summed E-state index contributed by atoms with van der Waals surface area (Å²) in [6.45, 7) is 2.08. The van der Waals surface area contributed by atoms with Crippen LogP contribution in [-0.2, 0) is 13.0 Å². The fourth-order valence-corrected chi connectivity index (χ4v) is 4.34. The van der Waals surface area contributed by atoms with Gasteiger partial charge >= 0.3 is 0 Å². The first-order valence-electron chi connectivity index (χ1n) is 9.85. The molecule has 1 unspecified atom stereocenters. The van der Waals surface area contributed by atoms with Crippen molar-refractivity contribution in [1.82, 2.24) is 9.78 Å². The number of nitrogen functional groups attached to an aromatic ring is 1. The van der Waals surface area contributed by atoms with Gasteiger partial charge in [0.15, 0.2) is 0 Å². The van der Waals surface area contributed by atoms with Crippen LogP contribution in [0, 0.1) is 5.82 Å². The summed E-state index contributed by atoms with van der Waals surface area (Å²) in [4.78, 5) is 15.6. The number of rotatable bonds is 2. The number of benzene rings is 2. The number of fused-ring (bicyclic) bond motifs is 2. The molecule has 0 saturated carbocycles. The smallest absolute Gasteiger partial charge is 0.256 e. The molecule has 0 radical (unpaired) electrons. The Hall–Kier alpha value is -3.35. The van der Waals surface area contributed by atoms with Crippen LogP contribution in [0.15, 0.2) is 48.5 Å². The number of carbonyl (C=O) groups excluding carboxylic acids is 1. The minimum Gasteiger partial charge on any atom is -0.385 e. The minimum atomic E-state index is -0.462. The summed E-state index contributed by atoms with van der Waals surface area (Å²) < 4.78 is 15.1. The maximum absolute atomic E-state index is 13.8. The molecule has 5 rings (SSSR count). The normalized spacial score (nSPS) is 18.0. The van der Waals surface area contributed by atoms with Gasteiger partial charge in [-0.15, -0.1) is 0 Å². The molecule has 0 aliphatic carbocycles. The quantitative estimate of drug-likeness (QED) is 0.700. The molecule has 6 nitrogen and oxygen atoms in total. The zero-order chi connectivity index (χ0) is 20.0. The lowest BCUT2D eigenvalue weighted by Gasteiger charge is -2.28. The number of nitrogens with zero attached hydrogens (tertiary/aromatic N) is 3. The van der Waals surface area contributed by atoms with Crippen molar-refractivity contribution in [2.45, 2.75) is 25.3 Å². The lowest BCUT2D eigenvalue weighted by molar-refractivity contribution is 0.0859. The van der Waals surface area contributed by atoms with Gasteiger partial charge in [0.1, 0.15) is 11.6 Å². The minimum absolute atomic E-state index is 0.198. The largest absolute Gasteiger partial charge is 0.385 e. The van der Waals surface area contributed by atoms with Crippen LogP contribution in [0.1, 0.15) is 34.0 Å². The molecule has 29 heavy (non-hydrogen) atoms. The first-order valence-corrected chi connectivity index (χ1v) is 9.85. The molecule has 7 heteroatoms. The molecule has 0 saturated heterocycles. The van der Waals surface area contributed by atoms with E-state index < -0.39 is 5.92 Å². The number of carbonyl (C=O) groups is 1. The number of anilines is 3. The highest BCUT2D eigenvalue weighted by Crippen LogP contribution is 2.35. The van der Waals surface area contributed by atoms with Gasteiger partial charge < -0.3 is 16.0 Å². The van der Waals surface area contributed by atoms with E-state index in [0.717, 1.165) is 35.6 Å². The molecule has 3 heterocycles. The highest BCUT2D eigenvalue weighted by Gasteiger charge is 2.32. The molecule has 3 N–H and O–H groups in total. The Bertz CT molecular complexity index is 1080. The second kappa shape index (κ2) is 6.92. The molecule has 0 fully saturated rings. The number of aromatic nitrogens is 2. The van der Waals surface area contributed by atoms with E-state index in [1.807, 2.05) is 18.2 Å². The van der Waals surface area contributed by atoms with E-state index in [0.29, 0.717) is 30.9 Å². The summed E-state index contributed by atoms with van der Waals surface area (Å²) in [5.74, 6) is -0.599. The average molecular weight is 391 g/mol. The molecule has 1 atom stereocenters. The summed E-state index contributed by atoms with van der Waals surface area (Å²) in [5.41, 5.74) is 10.7. The molecule has 0 amide bonds. The Kier molecular flexibility index (Phi) is 4.23. The molecule has 1 aromatic heterocycles. The molecule has 2 aliphatic heterocycles. The van der Waals surface area contributed by atoms with Crippen molar-refractivity contribution in [3.05, 3.63) is 71.2 Å². The van der Waals surface area contributed by atoms with Crippen LogP contribution in [0.5, 0.6) is 0 Å². The molecule has 3 aromatic rings. The van der Waals surface area contributed by atoms with Crippen molar-refractivity contribution in [1.29, 1.82) is 0 Å². The Morgan fingerprint density at radius 1 is 1.21 bits per heavy atom. The second-order valence-electron chi connectivity index (χ2n) is 7.57. The number of para-hydroxylation sites is 1. The van der Waals surface area contributed by atoms with E-state index >= 15 is 0 Å². The number of hydrogen-bond acceptors (Lipinski definition) is 5. The third-order valence-electron chi connectivity index (χ3n) is 5.84. The van der Waals surface area contributed by atoms with Crippen LogP contribution in [-0.4, -0.2) is 28.8 Å². The van der Waals surface area contributed by atoms with Crippen LogP contribution in [0.2, 0.25) is 0 Å². The van der Waals surface area contributed by atoms with Gasteiger partial charge in [0.25, 0.3) is 5.91 Å². The summed E-state index contributed by atoms with van der Waals surface area (Å²) >= 11 is 0. The first kappa shape index (κ1) is 17.7. The van der Waals surface area contributed by atoms with Crippen molar-refractivity contribution >= 4 is 23.1 Å². The molecular formula is C22H22FN5O. The van der Waals surface area contributed by atoms with Gasteiger partial charge in [0, 0.05) is 30.0 Å². The van der Waals surface area contributed by atoms with Gasteiger partial charge in [-0.1, -0.05) is 18.2 Å². The molecule has 2 aromatic carbocycles. The Labute approximate surface area is 168 Å². The second-order valence-corrected chi connectivity index (χ2v) is 7.57. The van der Waals surface area contributed by atoms with E-state index in [1.165, 1.54) is 16.8 Å². The first-order chi connectivity index (χ1) is 14.1. The van der Waals surface area contributed by atoms with Crippen LogP contribution in [0.25, 0.3) is 0 Å². The van der Waals surface area contributed by atoms with E-state index in [4.69, 9.17) is 5.73 Å². The zero-order valence-corrected chi connectivity index (χ0v) is 15.9. The lowest BCUT2D eigenvalue weighted by Crippen LogP contribution is -2.30. The van der Waals surface area contributed by atoms with Crippen molar-refractivity contribution in [2.75, 3.05) is 29.0 Å². The maximum Gasteiger partial charge on any atom is 0.256 e. The van der Waals surface area contributed by atoms with E-state index in [1.54, 1.807) is 6.07 Å². The van der Waals surface area contributed by atoms with Gasteiger partial charge in [-0.25, -0.2) is 4.39 Å². The van der Waals surface area contributed by atoms with Gasteiger partial charge in [-0.05, 0) is 48.7 Å². The predicted octanol–water partition coefficient (Wildman–Crippen LogP) is 3.41. The highest BCUT2D eigenvalue weighted by molar-refractivity contribution is 5.90. The monoisotopic (exact) mass is 391 g/mol. The predicted molar refractivity (Wildman–Crippen MR) is 111 cm³/mol. The summed E-state index contributed by atoms with van der Waals surface area (Å²) in [5, 5.41) is 7.81. The summed E-state index contributed by atoms with van der Waals surface area (Å²) in [6.07, 6.45) is 1.32. The molecular weight excluding hydrogens is 369 g/mol. The molecule has 0 spiro atoms. The molecule has 2 aliphatic rings. The van der Waals surface area contributed by atoms with E-state index in [-0.39, 0.29) is 11.7 Å². The van der Waals surface area contributed by atoms with Crippen LogP contribution in [0.4, 0.5) is 21.6 Å². The van der Waals surface area contributed by atoms with Crippen LogP contribution >= 0.6 is 0 Å². The number of halogens is 1.